The van der Waals surface area contributed by atoms with Gasteiger partial charge in [-0.05, 0) is 63.3 Å². The zero-order chi connectivity index (χ0) is 17.6. The highest BCUT2D eigenvalue weighted by molar-refractivity contribution is 7.89. The largest absolute Gasteiger partial charge is 0.354 e. The Morgan fingerprint density at radius 1 is 1.25 bits per heavy atom. The number of allylic oxidation sites excluding steroid dienone is 1. The molecule has 0 saturated heterocycles. The molecular formula is C17H23ClN2O3S. The highest BCUT2D eigenvalue weighted by Gasteiger charge is 2.21. The van der Waals surface area contributed by atoms with Crippen molar-refractivity contribution in [1.29, 1.82) is 0 Å². The Morgan fingerprint density at radius 2 is 1.96 bits per heavy atom. The van der Waals surface area contributed by atoms with Gasteiger partial charge in [0.15, 0.2) is 0 Å². The van der Waals surface area contributed by atoms with Crippen LogP contribution < -0.4 is 10.0 Å². The quantitative estimate of drug-likeness (QED) is 0.724. The molecule has 0 spiro atoms. The van der Waals surface area contributed by atoms with Crippen molar-refractivity contribution in [3.63, 3.8) is 0 Å². The van der Waals surface area contributed by atoms with Crippen LogP contribution in [0, 0.1) is 0 Å². The summed E-state index contributed by atoms with van der Waals surface area (Å²) in [7, 11) is -3.75. The molecule has 0 unspecified atom stereocenters. The molecule has 2 rings (SSSR count). The zero-order valence-electron chi connectivity index (χ0n) is 13.7. The standard InChI is InChI=1S/C17H23ClN2O3S/c1-13(17(21)19-12-11-14-5-3-2-4-6-14)20-24(22,23)16-9-7-15(18)8-10-16/h5,7-10,13,20H,2-4,6,11-12H2,1H3,(H,19,21)/t13-/m0/s1. The first-order valence-electron chi connectivity index (χ1n) is 8.12. The Balaban J connectivity index is 1.84. The van der Waals surface area contributed by atoms with E-state index in [9.17, 15) is 13.2 Å². The lowest BCUT2D eigenvalue weighted by atomic mass is 9.97. The van der Waals surface area contributed by atoms with Gasteiger partial charge in [-0.3, -0.25) is 4.79 Å². The van der Waals surface area contributed by atoms with E-state index in [1.807, 2.05) is 0 Å². The van der Waals surface area contributed by atoms with Crippen molar-refractivity contribution in [2.24, 2.45) is 0 Å². The zero-order valence-corrected chi connectivity index (χ0v) is 15.3. The number of nitrogens with one attached hydrogen (secondary N) is 2. The van der Waals surface area contributed by atoms with E-state index in [0.717, 1.165) is 19.3 Å². The Bertz CT molecular complexity index is 699. The number of sulfonamides is 1. The number of carbonyl (C=O) groups excluding carboxylic acids is 1. The Kier molecular flexibility index (Phi) is 6.83. The lowest BCUT2D eigenvalue weighted by Gasteiger charge is -2.16. The van der Waals surface area contributed by atoms with Crippen molar-refractivity contribution in [3.05, 3.63) is 40.9 Å². The summed E-state index contributed by atoms with van der Waals surface area (Å²) in [5, 5.41) is 3.24. The van der Waals surface area contributed by atoms with Crippen LogP contribution in [0.1, 0.15) is 39.0 Å². The molecule has 1 atom stereocenters. The van der Waals surface area contributed by atoms with Gasteiger partial charge in [0.1, 0.15) is 0 Å². The average molecular weight is 371 g/mol. The fourth-order valence-corrected chi connectivity index (χ4v) is 3.93. The molecular weight excluding hydrogens is 348 g/mol. The van der Waals surface area contributed by atoms with E-state index in [4.69, 9.17) is 11.6 Å². The number of carbonyl (C=O) groups is 1. The Hall–Kier alpha value is -1.37. The molecule has 1 aliphatic carbocycles. The molecule has 0 fully saturated rings. The van der Waals surface area contributed by atoms with Crippen LogP contribution in [0.15, 0.2) is 40.8 Å². The van der Waals surface area contributed by atoms with Crippen molar-refractivity contribution in [1.82, 2.24) is 10.0 Å². The summed E-state index contributed by atoms with van der Waals surface area (Å²) in [5.74, 6) is -0.330. The van der Waals surface area contributed by atoms with Gasteiger partial charge in [-0.15, -0.1) is 0 Å². The second-order valence-electron chi connectivity index (χ2n) is 5.95. The van der Waals surface area contributed by atoms with Crippen molar-refractivity contribution >= 4 is 27.5 Å². The first-order chi connectivity index (χ1) is 11.4. The monoisotopic (exact) mass is 370 g/mol. The van der Waals surface area contributed by atoms with Gasteiger partial charge in [-0.25, -0.2) is 8.42 Å². The van der Waals surface area contributed by atoms with Crippen LogP contribution in [0.3, 0.4) is 0 Å². The van der Waals surface area contributed by atoms with Crippen LogP contribution >= 0.6 is 11.6 Å². The van der Waals surface area contributed by atoms with Crippen LogP contribution in [-0.2, 0) is 14.8 Å². The summed E-state index contributed by atoms with van der Waals surface area (Å²) in [6.07, 6.45) is 7.70. The van der Waals surface area contributed by atoms with Crippen molar-refractivity contribution in [2.75, 3.05) is 6.54 Å². The van der Waals surface area contributed by atoms with Crippen LogP contribution in [0.25, 0.3) is 0 Å². The average Bonchev–Trinajstić information content (AvgIpc) is 2.55. The lowest BCUT2D eigenvalue weighted by Crippen LogP contribution is -2.45. The van der Waals surface area contributed by atoms with Crippen molar-refractivity contribution in [2.45, 2.75) is 50.0 Å². The van der Waals surface area contributed by atoms with Gasteiger partial charge in [0, 0.05) is 11.6 Å². The predicted octanol–water partition coefficient (Wildman–Crippen LogP) is 3.01. The first kappa shape index (κ1) is 19.0. The second kappa shape index (κ2) is 8.65. The van der Waals surface area contributed by atoms with Crippen LogP contribution in [0.5, 0.6) is 0 Å². The molecule has 0 aromatic heterocycles. The van der Waals surface area contributed by atoms with Crippen LogP contribution in [0.4, 0.5) is 0 Å². The SMILES string of the molecule is C[C@H](NS(=O)(=O)c1ccc(Cl)cc1)C(=O)NCCC1=CCCCC1. The normalized spacial score (nSPS) is 16.3. The molecule has 7 heteroatoms. The summed E-state index contributed by atoms with van der Waals surface area (Å²) in [5.41, 5.74) is 1.37. The smallest absolute Gasteiger partial charge is 0.241 e. The van der Waals surface area contributed by atoms with Gasteiger partial charge < -0.3 is 5.32 Å². The number of hydrogen-bond acceptors (Lipinski definition) is 3. The van der Waals surface area contributed by atoms with E-state index in [-0.39, 0.29) is 10.8 Å². The number of hydrogen-bond donors (Lipinski definition) is 2. The third kappa shape index (κ3) is 5.61. The minimum absolute atomic E-state index is 0.0823. The molecule has 1 amide bonds. The van der Waals surface area contributed by atoms with Crippen LogP contribution in [0.2, 0.25) is 5.02 Å². The van der Waals surface area contributed by atoms with Crippen molar-refractivity contribution in [3.8, 4) is 0 Å². The van der Waals surface area contributed by atoms with Gasteiger partial charge in [-0.2, -0.15) is 4.72 Å². The first-order valence-corrected chi connectivity index (χ1v) is 9.98. The summed E-state index contributed by atoms with van der Waals surface area (Å²) in [6.45, 7) is 2.06. The minimum atomic E-state index is -3.75. The van der Waals surface area contributed by atoms with E-state index in [0.29, 0.717) is 11.6 Å². The third-order valence-corrected chi connectivity index (χ3v) is 5.79. The Morgan fingerprint density at radius 3 is 2.58 bits per heavy atom. The van der Waals surface area contributed by atoms with Gasteiger partial charge in [-0.1, -0.05) is 23.3 Å². The highest BCUT2D eigenvalue weighted by Crippen LogP contribution is 2.19. The van der Waals surface area contributed by atoms with Gasteiger partial charge >= 0.3 is 0 Å². The molecule has 24 heavy (non-hydrogen) atoms. The molecule has 2 N–H and O–H groups in total. The molecule has 132 valence electrons. The highest BCUT2D eigenvalue weighted by atomic mass is 35.5. The molecule has 0 heterocycles. The molecule has 1 aromatic rings. The molecule has 0 saturated carbocycles. The van der Waals surface area contributed by atoms with Gasteiger partial charge in [0.05, 0.1) is 10.9 Å². The molecule has 0 aliphatic heterocycles. The topological polar surface area (TPSA) is 75.3 Å². The van der Waals surface area contributed by atoms with Crippen molar-refractivity contribution < 1.29 is 13.2 Å². The number of halogens is 1. The maximum absolute atomic E-state index is 12.2. The van der Waals surface area contributed by atoms with E-state index in [1.54, 1.807) is 0 Å². The van der Waals surface area contributed by atoms with E-state index in [1.165, 1.54) is 49.6 Å². The third-order valence-electron chi connectivity index (χ3n) is 3.98. The maximum atomic E-state index is 12.2. The second-order valence-corrected chi connectivity index (χ2v) is 8.10. The summed E-state index contributed by atoms with van der Waals surface area (Å²) in [4.78, 5) is 12.2. The number of amides is 1. The molecule has 1 aromatic carbocycles. The number of benzene rings is 1. The fraction of sp³-hybridized carbons (Fsp3) is 0.471. The van der Waals surface area contributed by atoms with E-state index < -0.39 is 16.1 Å². The molecule has 0 radical (unpaired) electrons. The van der Waals surface area contributed by atoms with E-state index >= 15 is 0 Å². The van der Waals surface area contributed by atoms with Gasteiger partial charge in [0.2, 0.25) is 15.9 Å². The molecule has 1 aliphatic rings. The van der Waals surface area contributed by atoms with E-state index in [2.05, 4.69) is 16.1 Å². The lowest BCUT2D eigenvalue weighted by molar-refractivity contribution is -0.122. The maximum Gasteiger partial charge on any atom is 0.241 e. The number of rotatable bonds is 7. The van der Waals surface area contributed by atoms with Crippen LogP contribution in [-0.4, -0.2) is 26.9 Å². The molecule has 0 bridgehead atoms. The minimum Gasteiger partial charge on any atom is -0.354 e. The predicted molar refractivity (Wildman–Crippen MR) is 95.4 cm³/mol. The van der Waals surface area contributed by atoms with Gasteiger partial charge in [0.25, 0.3) is 0 Å². The fourth-order valence-electron chi connectivity index (χ4n) is 2.60. The Labute approximate surface area is 148 Å². The summed E-state index contributed by atoms with van der Waals surface area (Å²) in [6, 6.07) is 4.97. The summed E-state index contributed by atoms with van der Waals surface area (Å²) >= 11 is 5.76. The summed E-state index contributed by atoms with van der Waals surface area (Å²) < 4.78 is 26.9. The molecule has 5 nitrogen and oxygen atoms in total.